The van der Waals surface area contributed by atoms with Crippen LogP contribution in [0.15, 0.2) is 28.7 Å². The maximum atomic E-state index is 5.94. The quantitative estimate of drug-likeness (QED) is 0.642. The van der Waals surface area contributed by atoms with Crippen LogP contribution in [-0.2, 0) is 4.74 Å². The largest absolute Gasteiger partial charge is 0.459 e. The number of aryl methyl sites for hydroxylation is 1. The third kappa shape index (κ3) is 2.97. The summed E-state index contributed by atoms with van der Waals surface area (Å²) in [5.74, 6) is 6.51. The molecule has 0 radical (unpaired) electrons. The van der Waals surface area contributed by atoms with E-state index in [0.717, 1.165) is 28.7 Å². The summed E-state index contributed by atoms with van der Waals surface area (Å²) in [5.41, 5.74) is 4.61. The second-order valence-electron chi connectivity index (χ2n) is 5.53. The fraction of sp³-hybridized carbons (Fsp3) is 0.467. The first-order chi connectivity index (χ1) is 8.96. The van der Waals surface area contributed by atoms with E-state index >= 15 is 0 Å². The molecule has 2 aromatic rings. The number of nitrogens with one attached hydrogen (secondary N) is 1. The summed E-state index contributed by atoms with van der Waals surface area (Å²) in [5, 5.41) is 1.10. The molecule has 0 saturated heterocycles. The van der Waals surface area contributed by atoms with Crippen molar-refractivity contribution in [3.8, 4) is 0 Å². The molecular weight excluding hydrogens is 240 g/mol. The molecule has 0 spiro atoms. The Hall–Kier alpha value is -1.36. The molecule has 0 fully saturated rings. The predicted molar refractivity (Wildman–Crippen MR) is 76.7 cm³/mol. The lowest BCUT2D eigenvalue weighted by Crippen LogP contribution is -2.35. The van der Waals surface area contributed by atoms with Crippen molar-refractivity contribution in [3.63, 3.8) is 0 Å². The van der Waals surface area contributed by atoms with Crippen molar-refractivity contribution in [3.05, 3.63) is 35.6 Å². The number of furan rings is 1. The van der Waals surface area contributed by atoms with Crippen LogP contribution in [-0.4, -0.2) is 12.7 Å². The molecule has 104 valence electrons. The van der Waals surface area contributed by atoms with E-state index in [4.69, 9.17) is 15.0 Å². The number of hydrogen-bond donors (Lipinski definition) is 2. The SMILES string of the molecule is COC(C)(C)CC(NN)c1cc2cccc(C)c2o1. The second-order valence-corrected chi connectivity index (χ2v) is 5.53. The standard InChI is InChI=1S/C15H22N2O2/c1-10-6-5-7-11-8-13(19-14(10)11)12(17-16)9-15(2,3)18-4/h5-8,12,17H,9,16H2,1-4H3. The van der Waals surface area contributed by atoms with E-state index in [9.17, 15) is 0 Å². The van der Waals surface area contributed by atoms with Gasteiger partial charge in [-0.2, -0.15) is 0 Å². The van der Waals surface area contributed by atoms with Gasteiger partial charge in [0.2, 0.25) is 0 Å². The Labute approximate surface area is 113 Å². The summed E-state index contributed by atoms with van der Waals surface area (Å²) in [6.07, 6.45) is 0.735. The van der Waals surface area contributed by atoms with Crippen LogP contribution in [0, 0.1) is 6.92 Å². The highest BCUT2D eigenvalue weighted by molar-refractivity contribution is 5.80. The molecule has 0 aliphatic heterocycles. The van der Waals surface area contributed by atoms with Crippen LogP contribution < -0.4 is 11.3 Å². The van der Waals surface area contributed by atoms with Crippen LogP contribution in [0.2, 0.25) is 0 Å². The molecule has 0 saturated carbocycles. The van der Waals surface area contributed by atoms with Gasteiger partial charge in [0.05, 0.1) is 11.6 Å². The first-order valence-corrected chi connectivity index (χ1v) is 6.47. The van der Waals surface area contributed by atoms with Crippen LogP contribution in [0.25, 0.3) is 11.0 Å². The van der Waals surface area contributed by atoms with Gasteiger partial charge in [-0.25, -0.2) is 5.43 Å². The summed E-state index contributed by atoms with van der Waals surface area (Å²) < 4.78 is 11.4. The fourth-order valence-electron chi connectivity index (χ4n) is 2.22. The zero-order valence-electron chi connectivity index (χ0n) is 12.0. The van der Waals surface area contributed by atoms with Crippen molar-refractivity contribution in [2.45, 2.75) is 38.8 Å². The Morgan fingerprint density at radius 1 is 1.42 bits per heavy atom. The van der Waals surface area contributed by atoms with E-state index in [-0.39, 0.29) is 11.6 Å². The van der Waals surface area contributed by atoms with Gasteiger partial charge in [-0.3, -0.25) is 5.84 Å². The van der Waals surface area contributed by atoms with Gasteiger partial charge in [0.15, 0.2) is 0 Å². The van der Waals surface area contributed by atoms with Crippen LogP contribution in [0.5, 0.6) is 0 Å². The number of hydrogen-bond acceptors (Lipinski definition) is 4. The second kappa shape index (κ2) is 5.33. The maximum absolute atomic E-state index is 5.94. The minimum atomic E-state index is -0.259. The van der Waals surface area contributed by atoms with Gasteiger partial charge in [-0.15, -0.1) is 0 Å². The van der Waals surface area contributed by atoms with Crippen LogP contribution in [0.1, 0.15) is 37.6 Å². The molecule has 0 amide bonds. The summed E-state index contributed by atoms with van der Waals surface area (Å²) in [6, 6.07) is 8.09. The number of nitrogens with two attached hydrogens (primary N) is 1. The molecule has 0 bridgehead atoms. The zero-order chi connectivity index (χ0) is 14.0. The Bertz CT molecular complexity index is 560. The Morgan fingerprint density at radius 2 is 2.16 bits per heavy atom. The van der Waals surface area contributed by atoms with Crippen LogP contribution >= 0.6 is 0 Å². The molecule has 4 heteroatoms. The third-order valence-electron chi connectivity index (χ3n) is 3.55. The van der Waals surface area contributed by atoms with Crippen molar-refractivity contribution < 1.29 is 9.15 Å². The summed E-state index contributed by atoms with van der Waals surface area (Å²) in [4.78, 5) is 0. The van der Waals surface area contributed by atoms with Gasteiger partial charge in [0.1, 0.15) is 11.3 Å². The van der Waals surface area contributed by atoms with Gasteiger partial charge in [-0.1, -0.05) is 18.2 Å². The molecule has 1 aromatic heterocycles. The predicted octanol–water partition coefficient (Wildman–Crippen LogP) is 3.06. The molecule has 1 unspecified atom stereocenters. The van der Waals surface area contributed by atoms with Crippen LogP contribution in [0.3, 0.4) is 0 Å². The number of hydrazine groups is 1. The molecule has 1 heterocycles. The zero-order valence-corrected chi connectivity index (χ0v) is 12.0. The van der Waals surface area contributed by atoms with E-state index in [0.29, 0.717) is 0 Å². The van der Waals surface area contributed by atoms with Crippen molar-refractivity contribution in [1.82, 2.24) is 5.43 Å². The van der Waals surface area contributed by atoms with Gasteiger partial charge in [0.25, 0.3) is 0 Å². The highest BCUT2D eigenvalue weighted by atomic mass is 16.5. The lowest BCUT2D eigenvalue weighted by Gasteiger charge is -2.27. The lowest BCUT2D eigenvalue weighted by atomic mass is 9.97. The van der Waals surface area contributed by atoms with Gasteiger partial charge in [0, 0.05) is 12.5 Å². The normalized spacial score (nSPS) is 13.9. The lowest BCUT2D eigenvalue weighted by molar-refractivity contribution is 0.00512. The molecule has 1 aromatic carbocycles. The molecule has 3 N–H and O–H groups in total. The molecule has 19 heavy (non-hydrogen) atoms. The Morgan fingerprint density at radius 3 is 2.74 bits per heavy atom. The number of rotatable bonds is 5. The topological polar surface area (TPSA) is 60.4 Å². The minimum absolute atomic E-state index is 0.0678. The molecule has 0 aliphatic rings. The number of ether oxygens (including phenoxy) is 1. The van der Waals surface area contributed by atoms with Crippen molar-refractivity contribution in [1.29, 1.82) is 0 Å². The Balaban J connectivity index is 2.33. The molecule has 2 rings (SSSR count). The third-order valence-corrected chi connectivity index (χ3v) is 3.55. The average molecular weight is 262 g/mol. The van der Waals surface area contributed by atoms with Crippen molar-refractivity contribution >= 4 is 11.0 Å². The molecular formula is C15H22N2O2. The summed E-state index contributed by atoms with van der Waals surface area (Å²) in [6.45, 7) is 6.11. The number of para-hydroxylation sites is 1. The first-order valence-electron chi connectivity index (χ1n) is 6.47. The van der Waals surface area contributed by atoms with E-state index in [2.05, 4.69) is 5.43 Å². The highest BCUT2D eigenvalue weighted by Crippen LogP contribution is 2.30. The van der Waals surface area contributed by atoms with E-state index < -0.39 is 0 Å². The summed E-state index contributed by atoms with van der Waals surface area (Å²) >= 11 is 0. The Kier molecular flexibility index (Phi) is 3.94. The fourth-order valence-corrected chi connectivity index (χ4v) is 2.22. The van der Waals surface area contributed by atoms with E-state index in [1.165, 1.54) is 0 Å². The van der Waals surface area contributed by atoms with Crippen LogP contribution in [0.4, 0.5) is 0 Å². The first kappa shape index (κ1) is 14.1. The smallest absolute Gasteiger partial charge is 0.137 e. The number of benzene rings is 1. The maximum Gasteiger partial charge on any atom is 0.137 e. The van der Waals surface area contributed by atoms with E-state index in [1.54, 1.807) is 7.11 Å². The van der Waals surface area contributed by atoms with Gasteiger partial charge in [-0.05, 0) is 38.8 Å². The molecule has 0 aliphatic carbocycles. The number of methoxy groups -OCH3 is 1. The molecule has 4 nitrogen and oxygen atoms in total. The average Bonchev–Trinajstić information content (AvgIpc) is 2.81. The van der Waals surface area contributed by atoms with Gasteiger partial charge >= 0.3 is 0 Å². The molecule has 1 atom stereocenters. The van der Waals surface area contributed by atoms with Gasteiger partial charge < -0.3 is 9.15 Å². The monoisotopic (exact) mass is 262 g/mol. The number of fused-ring (bicyclic) bond motifs is 1. The van der Waals surface area contributed by atoms with E-state index in [1.807, 2.05) is 45.0 Å². The summed E-state index contributed by atoms with van der Waals surface area (Å²) in [7, 11) is 1.70. The van der Waals surface area contributed by atoms with Crippen molar-refractivity contribution in [2.24, 2.45) is 5.84 Å². The minimum Gasteiger partial charge on any atom is -0.459 e. The highest BCUT2D eigenvalue weighted by Gasteiger charge is 2.25. The van der Waals surface area contributed by atoms with Crippen molar-refractivity contribution in [2.75, 3.05) is 7.11 Å².